The van der Waals surface area contributed by atoms with Gasteiger partial charge in [0.2, 0.25) is 5.69 Å². The second-order valence-electron chi connectivity index (χ2n) is 4.03. The summed E-state index contributed by atoms with van der Waals surface area (Å²) in [6.45, 7) is 0.389. The van der Waals surface area contributed by atoms with Crippen LogP contribution < -0.4 is 10.5 Å². The predicted octanol–water partition coefficient (Wildman–Crippen LogP) is 1.62. The smallest absolute Gasteiger partial charge is 0.320 e. The molecule has 2 aromatic rings. The van der Waals surface area contributed by atoms with Crippen molar-refractivity contribution >= 4 is 23.2 Å². The number of carbonyl (C=O) groups is 1. The van der Waals surface area contributed by atoms with E-state index >= 15 is 0 Å². The van der Waals surface area contributed by atoms with E-state index in [9.17, 15) is 14.9 Å². The van der Waals surface area contributed by atoms with Crippen LogP contribution in [0.25, 0.3) is 0 Å². The van der Waals surface area contributed by atoms with Gasteiger partial charge in [0.15, 0.2) is 0 Å². The van der Waals surface area contributed by atoms with Crippen LogP contribution in [0.4, 0.5) is 5.69 Å². The standard InChI is InChI=1S/C12H11ClN4O4/c13-8-3-1-2-4-10(8)21-6-5-16-7-9(17(19)20)11(15-16)12(14)18/h1-4,7H,5-6H2,(H2,14,18). The molecular formula is C12H11ClN4O4. The molecule has 2 N–H and O–H groups in total. The summed E-state index contributed by atoms with van der Waals surface area (Å²) in [5, 5.41) is 15.0. The lowest BCUT2D eigenvalue weighted by molar-refractivity contribution is -0.385. The molecule has 0 radical (unpaired) electrons. The third-order valence-corrected chi connectivity index (χ3v) is 2.90. The van der Waals surface area contributed by atoms with Gasteiger partial charge in [0.1, 0.15) is 18.6 Å². The van der Waals surface area contributed by atoms with Crippen LogP contribution >= 0.6 is 11.6 Å². The number of benzene rings is 1. The fourth-order valence-electron chi connectivity index (χ4n) is 1.65. The molecule has 0 saturated heterocycles. The highest BCUT2D eigenvalue weighted by Gasteiger charge is 2.23. The van der Waals surface area contributed by atoms with Crippen LogP contribution in [-0.4, -0.2) is 27.2 Å². The quantitative estimate of drug-likeness (QED) is 0.643. The van der Waals surface area contributed by atoms with Gasteiger partial charge < -0.3 is 10.5 Å². The molecule has 0 aliphatic rings. The summed E-state index contributed by atoms with van der Waals surface area (Å²) in [5.41, 5.74) is 4.23. The van der Waals surface area contributed by atoms with Crippen LogP contribution in [0.2, 0.25) is 5.02 Å². The molecule has 0 unspecified atom stereocenters. The van der Waals surface area contributed by atoms with Crippen molar-refractivity contribution in [3.63, 3.8) is 0 Å². The molecule has 0 atom stereocenters. The van der Waals surface area contributed by atoms with Gasteiger partial charge in [0.05, 0.1) is 16.5 Å². The summed E-state index contributed by atoms with van der Waals surface area (Å²) < 4.78 is 6.66. The van der Waals surface area contributed by atoms with Gasteiger partial charge in [-0.25, -0.2) is 0 Å². The molecule has 0 bridgehead atoms. The number of nitrogens with two attached hydrogens (primary N) is 1. The largest absolute Gasteiger partial charge is 0.490 e. The van der Waals surface area contributed by atoms with Crippen molar-refractivity contribution in [1.29, 1.82) is 0 Å². The van der Waals surface area contributed by atoms with Crippen molar-refractivity contribution in [2.24, 2.45) is 5.73 Å². The Morgan fingerprint density at radius 2 is 2.19 bits per heavy atom. The molecule has 0 saturated carbocycles. The molecule has 0 fully saturated rings. The van der Waals surface area contributed by atoms with Gasteiger partial charge in [0.25, 0.3) is 5.91 Å². The molecule has 1 amide bonds. The highest BCUT2D eigenvalue weighted by Crippen LogP contribution is 2.23. The van der Waals surface area contributed by atoms with E-state index < -0.39 is 16.5 Å². The van der Waals surface area contributed by atoms with E-state index in [2.05, 4.69) is 5.10 Å². The van der Waals surface area contributed by atoms with Gasteiger partial charge in [0, 0.05) is 0 Å². The SMILES string of the molecule is NC(=O)c1nn(CCOc2ccccc2Cl)cc1[N+](=O)[O-]. The number of carbonyl (C=O) groups excluding carboxylic acids is 1. The maximum atomic E-state index is 11.1. The Morgan fingerprint density at radius 1 is 1.48 bits per heavy atom. The van der Waals surface area contributed by atoms with Crippen molar-refractivity contribution in [3.05, 3.63) is 51.3 Å². The number of nitrogens with zero attached hydrogens (tertiary/aromatic N) is 3. The molecule has 8 nitrogen and oxygen atoms in total. The number of halogens is 1. The molecular weight excluding hydrogens is 300 g/mol. The van der Waals surface area contributed by atoms with Crippen LogP contribution in [0.5, 0.6) is 5.75 Å². The molecule has 1 heterocycles. The molecule has 2 rings (SSSR count). The van der Waals surface area contributed by atoms with Crippen LogP contribution in [0.15, 0.2) is 30.5 Å². The average Bonchev–Trinajstić information content (AvgIpc) is 2.85. The summed E-state index contributed by atoms with van der Waals surface area (Å²) in [7, 11) is 0. The third-order valence-electron chi connectivity index (χ3n) is 2.59. The van der Waals surface area contributed by atoms with E-state index in [0.29, 0.717) is 10.8 Å². The van der Waals surface area contributed by atoms with E-state index in [1.165, 1.54) is 4.68 Å². The second kappa shape index (κ2) is 6.23. The van der Waals surface area contributed by atoms with Gasteiger partial charge in [-0.3, -0.25) is 19.6 Å². The summed E-state index contributed by atoms with van der Waals surface area (Å²) in [6, 6.07) is 6.92. The first kappa shape index (κ1) is 14.8. The summed E-state index contributed by atoms with van der Waals surface area (Å²) in [6.07, 6.45) is 1.13. The summed E-state index contributed by atoms with van der Waals surface area (Å²) in [4.78, 5) is 21.1. The number of aromatic nitrogens is 2. The number of primary amides is 1. The number of hydrogen-bond donors (Lipinski definition) is 1. The number of ether oxygens (including phenoxy) is 1. The molecule has 9 heteroatoms. The van der Waals surface area contributed by atoms with Gasteiger partial charge in [-0.2, -0.15) is 5.10 Å². The minimum Gasteiger partial charge on any atom is -0.490 e. The van der Waals surface area contributed by atoms with Crippen LogP contribution in [0, 0.1) is 10.1 Å². The lowest BCUT2D eigenvalue weighted by atomic mass is 10.3. The number of hydrogen-bond acceptors (Lipinski definition) is 5. The van der Waals surface area contributed by atoms with E-state index in [4.69, 9.17) is 22.1 Å². The first-order valence-electron chi connectivity index (χ1n) is 5.88. The fourth-order valence-corrected chi connectivity index (χ4v) is 1.84. The van der Waals surface area contributed by atoms with Crippen LogP contribution in [0.3, 0.4) is 0 Å². The maximum absolute atomic E-state index is 11.1. The zero-order valence-corrected chi connectivity index (χ0v) is 11.5. The molecule has 110 valence electrons. The Bertz CT molecular complexity index is 654. The predicted molar refractivity (Wildman–Crippen MR) is 74.3 cm³/mol. The molecule has 0 aliphatic carbocycles. The highest BCUT2D eigenvalue weighted by molar-refractivity contribution is 6.32. The monoisotopic (exact) mass is 310 g/mol. The summed E-state index contributed by atoms with van der Waals surface area (Å²) in [5.74, 6) is -0.455. The zero-order chi connectivity index (χ0) is 15.4. The van der Waals surface area contributed by atoms with Crippen LogP contribution in [-0.2, 0) is 6.54 Å². The van der Waals surface area contributed by atoms with E-state index in [-0.39, 0.29) is 18.8 Å². The number of nitro groups is 1. The Hall–Kier alpha value is -2.61. The molecule has 1 aromatic heterocycles. The second-order valence-corrected chi connectivity index (χ2v) is 4.43. The summed E-state index contributed by atoms with van der Waals surface area (Å²) >= 11 is 5.92. The van der Waals surface area contributed by atoms with Crippen LogP contribution in [0.1, 0.15) is 10.5 Å². The fraction of sp³-hybridized carbons (Fsp3) is 0.167. The lowest BCUT2D eigenvalue weighted by Crippen LogP contribution is -2.15. The van der Waals surface area contributed by atoms with Crippen molar-refractivity contribution in [2.45, 2.75) is 6.54 Å². The van der Waals surface area contributed by atoms with Crippen molar-refractivity contribution in [3.8, 4) is 5.75 Å². The Balaban J connectivity index is 2.04. The van der Waals surface area contributed by atoms with Gasteiger partial charge in [-0.1, -0.05) is 23.7 Å². The maximum Gasteiger partial charge on any atom is 0.320 e. The minimum absolute atomic E-state index is 0.181. The van der Waals surface area contributed by atoms with Crippen molar-refractivity contribution in [2.75, 3.05) is 6.61 Å². The van der Waals surface area contributed by atoms with E-state index in [0.717, 1.165) is 6.20 Å². The number of amides is 1. The normalized spacial score (nSPS) is 10.3. The first-order chi connectivity index (χ1) is 9.99. The third kappa shape index (κ3) is 3.48. The Labute approximate surface area is 124 Å². The number of para-hydroxylation sites is 1. The van der Waals surface area contributed by atoms with E-state index in [1.54, 1.807) is 24.3 Å². The Kier molecular flexibility index (Phi) is 4.39. The minimum atomic E-state index is -0.951. The molecule has 21 heavy (non-hydrogen) atoms. The lowest BCUT2D eigenvalue weighted by Gasteiger charge is -2.07. The Morgan fingerprint density at radius 3 is 2.76 bits per heavy atom. The van der Waals surface area contributed by atoms with Gasteiger partial charge >= 0.3 is 5.69 Å². The topological polar surface area (TPSA) is 113 Å². The molecule has 0 spiro atoms. The average molecular weight is 311 g/mol. The highest BCUT2D eigenvalue weighted by atomic mass is 35.5. The van der Waals surface area contributed by atoms with E-state index in [1.807, 2.05) is 0 Å². The van der Waals surface area contributed by atoms with Crippen molar-refractivity contribution < 1.29 is 14.5 Å². The molecule has 1 aromatic carbocycles. The van der Waals surface area contributed by atoms with Crippen molar-refractivity contribution in [1.82, 2.24) is 9.78 Å². The molecule has 0 aliphatic heterocycles. The number of rotatable bonds is 6. The zero-order valence-electron chi connectivity index (χ0n) is 10.7. The first-order valence-corrected chi connectivity index (χ1v) is 6.26. The van der Waals surface area contributed by atoms with Gasteiger partial charge in [-0.05, 0) is 12.1 Å². The van der Waals surface area contributed by atoms with Gasteiger partial charge in [-0.15, -0.1) is 0 Å².